The van der Waals surface area contributed by atoms with Gasteiger partial charge in [-0.3, -0.25) is 9.79 Å². The highest BCUT2D eigenvalue weighted by Crippen LogP contribution is 2.27. The lowest BCUT2D eigenvalue weighted by Crippen LogP contribution is -2.42. The third kappa shape index (κ3) is 5.91. The molecule has 1 amide bonds. The molecule has 0 spiro atoms. The van der Waals surface area contributed by atoms with Crippen molar-refractivity contribution in [1.29, 1.82) is 0 Å². The van der Waals surface area contributed by atoms with Gasteiger partial charge in [0.25, 0.3) is 5.91 Å². The van der Waals surface area contributed by atoms with Crippen LogP contribution in [0.3, 0.4) is 0 Å². The predicted octanol–water partition coefficient (Wildman–Crippen LogP) is 2.79. The van der Waals surface area contributed by atoms with Crippen molar-refractivity contribution in [2.24, 2.45) is 16.6 Å². The Labute approximate surface area is 144 Å². The zero-order valence-electron chi connectivity index (χ0n) is 14.8. The number of primary amides is 1. The van der Waals surface area contributed by atoms with Crippen LogP contribution in [0, 0.1) is 5.92 Å². The second-order valence-corrected chi connectivity index (χ2v) is 6.68. The van der Waals surface area contributed by atoms with Crippen LogP contribution in [0.15, 0.2) is 21.5 Å². The molecule has 6 nitrogen and oxygen atoms in total. The van der Waals surface area contributed by atoms with E-state index in [9.17, 15) is 4.79 Å². The van der Waals surface area contributed by atoms with E-state index in [-0.39, 0.29) is 5.76 Å². The predicted molar refractivity (Wildman–Crippen MR) is 95.8 cm³/mol. The van der Waals surface area contributed by atoms with E-state index >= 15 is 0 Å². The highest BCUT2D eigenvalue weighted by Gasteiger charge is 2.15. The van der Waals surface area contributed by atoms with E-state index in [1.807, 2.05) is 0 Å². The third-order valence-electron chi connectivity index (χ3n) is 4.67. The fraction of sp³-hybridized carbons (Fsp3) is 0.667. The van der Waals surface area contributed by atoms with Crippen molar-refractivity contribution in [3.63, 3.8) is 0 Å². The largest absolute Gasteiger partial charge is 0.454 e. The number of aliphatic imine (C=N–C) groups is 1. The molecule has 1 heterocycles. The quantitative estimate of drug-likeness (QED) is 0.528. The van der Waals surface area contributed by atoms with Crippen molar-refractivity contribution in [2.75, 3.05) is 7.05 Å². The molecule has 1 atom stereocenters. The van der Waals surface area contributed by atoms with E-state index in [2.05, 4.69) is 22.5 Å². The van der Waals surface area contributed by atoms with Gasteiger partial charge >= 0.3 is 0 Å². The number of nitrogens with two attached hydrogens (primary N) is 1. The summed E-state index contributed by atoms with van der Waals surface area (Å²) >= 11 is 0. The summed E-state index contributed by atoms with van der Waals surface area (Å²) in [6, 6.07) is 3.70. The van der Waals surface area contributed by atoms with Gasteiger partial charge in [-0.1, -0.05) is 32.1 Å². The molecule has 24 heavy (non-hydrogen) atoms. The molecular weight excluding hydrogens is 304 g/mol. The molecule has 0 saturated heterocycles. The van der Waals surface area contributed by atoms with Crippen molar-refractivity contribution in [3.8, 4) is 0 Å². The fourth-order valence-corrected chi connectivity index (χ4v) is 3.24. The van der Waals surface area contributed by atoms with Crippen molar-refractivity contribution in [3.05, 3.63) is 23.7 Å². The van der Waals surface area contributed by atoms with E-state index in [0.717, 1.165) is 18.3 Å². The first kappa shape index (κ1) is 18.4. The summed E-state index contributed by atoms with van der Waals surface area (Å²) in [7, 11) is 1.75. The first-order valence-corrected chi connectivity index (χ1v) is 8.94. The summed E-state index contributed by atoms with van der Waals surface area (Å²) in [5, 5.41) is 6.61. The SMILES string of the molecule is CN=C(NCc1ccc(C(N)=O)o1)NC(C)CCC1CCCCC1. The number of guanidine groups is 1. The minimum absolute atomic E-state index is 0.176. The number of carbonyl (C=O) groups is 1. The van der Waals surface area contributed by atoms with Gasteiger partial charge in [-0.2, -0.15) is 0 Å². The van der Waals surface area contributed by atoms with Crippen molar-refractivity contribution in [1.82, 2.24) is 10.6 Å². The second kappa shape index (κ2) is 9.35. The number of carbonyl (C=O) groups excluding carboxylic acids is 1. The zero-order chi connectivity index (χ0) is 17.4. The lowest BCUT2D eigenvalue weighted by Gasteiger charge is -2.24. The lowest BCUT2D eigenvalue weighted by atomic mass is 9.85. The van der Waals surface area contributed by atoms with E-state index < -0.39 is 5.91 Å². The van der Waals surface area contributed by atoms with Gasteiger partial charge in [0.2, 0.25) is 0 Å². The molecule has 0 aliphatic heterocycles. The van der Waals surface area contributed by atoms with Gasteiger partial charge in [0.05, 0.1) is 6.54 Å². The molecule has 0 bridgehead atoms. The molecule has 2 rings (SSSR count). The molecule has 1 aliphatic carbocycles. The van der Waals surface area contributed by atoms with Crippen LogP contribution < -0.4 is 16.4 Å². The van der Waals surface area contributed by atoms with Crippen molar-refractivity contribution < 1.29 is 9.21 Å². The van der Waals surface area contributed by atoms with Gasteiger partial charge in [-0.15, -0.1) is 0 Å². The van der Waals surface area contributed by atoms with Crippen LogP contribution in [0.4, 0.5) is 0 Å². The van der Waals surface area contributed by atoms with Crippen LogP contribution in [0.5, 0.6) is 0 Å². The average Bonchev–Trinajstić information content (AvgIpc) is 3.07. The van der Waals surface area contributed by atoms with E-state index in [1.54, 1.807) is 19.2 Å². The Morgan fingerprint density at radius 2 is 2.12 bits per heavy atom. The number of amides is 1. The zero-order valence-corrected chi connectivity index (χ0v) is 14.8. The highest BCUT2D eigenvalue weighted by molar-refractivity contribution is 5.89. The van der Waals surface area contributed by atoms with Crippen LogP contribution in [-0.2, 0) is 6.54 Å². The normalized spacial score (nSPS) is 17.5. The number of furan rings is 1. The van der Waals surface area contributed by atoms with Gasteiger partial charge in [0.15, 0.2) is 11.7 Å². The molecule has 6 heteroatoms. The molecule has 0 radical (unpaired) electrons. The minimum atomic E-state index is -0.555. The molecule has 1 unspecified atom stereocenters. The Bertz CT molecular complexity index is 547. The molecule has 1 aromatic rings. The maximum atomic E-state index is 11.0. The molecule has 1 aromatic heterocycles. The molecule has 1 aliphatic rings. The van der Waals surface area contributed by atoms with E-state index in [4.69, 9.17) is 10.2 Å². The van der Waals surface area contributed by atoms with Crippen molar-refractivity contribution in [2.45, 2.75) is 64.5 Å². The van der Waals surface area contributed by atoms with Crippen LogP contribution >= 0.6 is 0 Å². The first-order valence-electron chi connectivity index (χ1n) is 8.94. The number of hydrogen-bond donors (Lipinski definition) is 3. The van der Waals surface area contributed by atoms with Gasteiger partial charge in [0, 0.05) is 13.1 Å². The summed E-state index contributed by atoms with van der Waals surface area (Å²) in [5.41, 5.74) is 5.18. The van der Waals surface area contributed by atoms with Crippen LogP contribution in [0.2, 0.25) is 0 Å². The molecule has 4 N–H and O–H groups in total. The molecule has 134 valence electrons. The van der Waals surface area contributed by atoms with Gasteiger partial charge in [0.1, 0.15) is 5.76 Å². The summed E-state index contributed by atoms with van der Waals surface area (Å²) in [4.78, 5) is 15.3. The second-order valence-electron chi connectivity index (χ2n) is 6.68. The third-order valence-corrected chi connectivity index (χ3v) is 4.67. The first-order chi connectivity index (χ1) is 11.6. The standard InChI is InChI=1S/C18H30N4O2/c1-13(8-9-14-6-4-3-5-7-14)22-18(20-2)21-12-15-10-11-16(24-15)17(19)23/h10-11,13-14H,3-9,12H2,1-2H3,(H2,19,23)(H2,20,21,22). The maximum absolute atomic E-state index is 11.0. The van der Waals surface area contributed by atoms with Crippen molar-refractivity contribution >= 4 is 11.9 Å². The van der Waals surface area contributed by atoms with E-state index in [1.165, 1.54) is 38.5 Å². The maximum Gasteiger partial charge on any atom is 0.284 e. The molecule has 1 fully saturated rings. The monoisotopic (exact) mass is 334 g/mol. The minimum Gasteiger partial charge on any atom is -0.454 e. The Kier molecular flexibility index (Phi) is 7.15. The van der Waals surface area contributed by atoms with E-state index in [0.29, 0.717) is 18.3 Å². The number of hydrogen-bond acceptors (Lipinski definition) is 3. The summed E-state index contributed by atoms with van der Waals surface area (Å²) < 4.78 is 5.35. The fourth-order valence-electron chi connectivity index (χ4n) is 3.24. The summed E-state index contributed by atoms with van der Waals surface area (Å²) in [6.45, 7) is 2.65. The molecule has 0 aromatic carbocycles. The lowest BCUT2D eigenvalue weighted by molar-refractivity contribution is 0.0972. The smallest absolute Gasteiger partial charge is 0.284 e. The van der Waals surface area contributed by atoms with Gasteiger partial charge < -0.3 is 20.8 Å². The van der Waals surface area contributed by atoms with Gasteiger partial charge in [-0.05, 0) is 37.8 Å². The van der Waals surface area contributed by atoms with Crippen LogP contribution in [0.25, 0.3) is 0 Å². The number of nitrogens with zero attached hydrogens (tertiary/aromatic N) is 1. The van der Waals surface area contributed by atoms with Crippen LogP contribution in [0.1, 0.15) is 68.2 Å². The summed E-state index contributed by atoms with van der Waals surface area (Å²) in [5.74, 6) is 1.91. The Morgan fingerprint density at radius 1 is 1.38 bits per heavy atom. The topological polar surface area (TPSA) is 92.6 Å². The molecular formula is C18H30N4O2. The Balaban J connectivity index is 1.71. The number of nitrogens with one attached hydrogen (secondary N) is 2. The summed E-state index contributed by atoms with van der Waals surface area (Å²) in [6.07, 6.45) is 9.41. The molecule has 1 saturated carbocycles. The average molecular weight is 334 g/mol. The number of rotatable bonds is 7. The van der Waals surface area contributed by atoms with Gasteiger partial charge in [-0.25, -0.2) is 0 Å². The highest BCUT2D eigenvalue weighted by atomic mass is 16.3. The Morgan fingerprint density at radius 3 is 2.75 bits per heavy atom. The Hall–Kier alpha value is -1.98. The van der Waals surface area contributed by atoms with Crippen LogP contribution in [-0.4, -0.2) is 25.0 Å².